The number of hydrogen-bond acceptors (Lipinski definition) is 3. The van der Waals surface area contributed by atoms with E-state index < -0.39 is 6.29 Å². The fourth-order valence-electron chi connectivity index (χ4n) is 0.399. The lowest BCUT2D eigenvalue weighted by molar-refractivity contribution is -0.0524. The molecule has 58 valence electrons. The van der Waals surface area contributed by atoms with Crippen molar-refractivity contribution in [3.63, 3.8) is 0 Å². The molecule has 0 aliphatic rings. The molecule has 0 aliphatic carbocycles. The summed E-state index contributed by atoms with van der Waals surface area (Å²) >= 11 is 0. The summed E-state index contributed by atoms with van der Waals surface area (Å²) in [6.45, 7) is 3.62. The van der Waals surface area contributed by atoms with Crippen LogP contribution in [0.2, 0.25) is 0 Å². The van der Waals surface area contributed by atoms with Gasteiger partial charge < -0.3 is 14.9 Å². The largest absolute Gasteiger partial charge is 0.392 e. The molecule has 0 radical (unpaired) electrons. The fraction of sp³-hybridized carbons (Fsp3) is 0.429. The summed E-state index contributed by atoms with van der Waals surface area (Å²) in [7, 11) is 0. The Labute approximate surface area is 60.3 Å². The second kappa shape index (κ2) is 6.48. The SMILES string of the molecule is C=CCOC(O)C=CCO. The summed E-state index contributed by atoms with van der Waals surface area (Å²) in [5.41, 5.74) is 0. The van der Waals surface area contributed by atoms with Crippen LogP contribution >= 0.6 is 0 Å². The minimum atomic E-state index is -0.940. The number of rotatable bonds is 5. The van der Waals surface area contributed by atoms with E-state index in [0.717, 1.165) is 0 Å². The lowest BCUT2D eigenvalue weighted by Gasteiger charge is -2.03. The van der Waals surface area contributed by atoms with Crippen LogP contribution in [0.15, 0.2) is 24.8 Å². The van der Waals surface area contributed by atoms with Gasteiger partial charge >= 0.3 is 0 Å². The maximum absolute atomic E-state index is 8.84. The first-order chi connectivity index (χ1) is 4.81. The van der Waals surface area contributed by atoms with Gasteiger partial charge in [0.05, 0.1) is 13.2 Å². The average molecular weight is 144 g/mol. The van der Waals surface area contributed by atoms with Gasteiger partial charge in [0.2, 0.25) is 0 Å². The summed E-state index contributed by atoms with van der Waals surface area (Å²) in [4.78, 5) is 0. The zero-order valence-electron chi connectivity index (χ0n) is 5.73. The van der Waals surface area contributed by atoms with E-state index in [1.807, 2.05) is 0 Å². The molecular formula is C7H12O3. The topological polar surface area (TPSA) is 49.7 Å². The first-order valence-corrected chi connectivity index (χ1v) is 2.99. The van der Waals surface area contributed by atoms with Crippen LogP contribution in [0.25, 0.3) is 0 Å². The second-order valence-electron chi connectivity index (χ2n) is 1.62. The number of hydrogen-bond donors (Lipinski definition) is 2. The van der Waals surface area contributed by atoms with Gasteiger partial charge in [0.25, 0.3) is 0 Å². The van der Waals surface area contributed by atoms with Crippen LogP contribution < -0.4 is 0 Å². The highest BCUT2D eigenvalue weighted by molar-refractivity contribution is 4.84. The first kappa shape index (κ1) is 9.36. The van der Waals surface area contributed by atoms with E-state index in [1.165, 1.54) is 18.2 Å². The summed E-state index contributed by atoms with van der Waals surface area (Å²) in [6.07, 6.45) is 3.37. The Morgan fingerprint density at radius 1 is 1.60 bits per heavy atom. The van der Waals surface area contributed by atoms with Crippen molar-refractivity contribution < 1.29 is 14.9 Å². The molecule has 0 rings (SSSR count). The lowest BCUT2D eigenvalue weighted by atomic mass is 10.5. The highest BCUT2D eigenvalue weighted by atomic mass is 16.6. The van der Waals surface area contributed by atoms with Crippen molar-refractivity contribution in [3.05, 3.63) is 24.8 Å². The van der Waals surface area contributed by atoms with Crippen molar-refractivity contribution in [2.24, 2.45) is 0 Å². The van der Waals surface area contributed by atoms with Crippen molar-refractivity contribution in [2.45, 2.75) is 6.29 Å². The zero-order valence-corrected chi connectivity index (χ0v) is 5.73. The Hall–Kier alpha value is -0.640. The van der Waals surface area contributed by atoms with Gasteiger partial charge in [0.15, 0.2) is 6.29 Å². The van der Waals surface area contributed by atoms with Gasteiger partial charge in [0, 0.05) is 0 Å². The summed E-state index contributed by atoms with van der Waals surface area (Å²) in [5.74, 6) is 0. The Morgan fingerprint density at radius 2 is 2.30 bits per heavy atom. The third-order valence-corrected chi connectivity index (χ3v) is 0.791. The van der Waals surface area contributed by atoms with Gasteiger partial charge in [0.1, 0.15) is 0 Å². The van der Waals surface area contributed by atoms with Crippen LogP contribution in [0.1, 0.15) is 0 Å². The second-order valence-corrected chi connectivity index (χ2v) is 1.62. The molecule has 0 fully saturated rings. The molecule has 0 saturated carbocycles. The molecule has 0 aromatic carbocycles. The van der Waals surface area contributed by atoms with Crippen molar-refractivity contribution in [2.75, 3.05) is 13.2 Å². The van der Waals surface area contributed by atoms with Crippen LogP contribution in [0, 0.1) is 0 Å². The van der Waals surface area contributed by atoms with Gasteiger partial charge in [-0.15, -0.1) is 6.58 Å². The van der Waals surface area contributed by atoms with Crippen molar-refractivity contribution in [3.8, 4) is 0 Å². The van der Waals surface area contributed by atoms with Gasteiger partial charge in [-0.25, -0.2) is 0 Å². The van der Waals surface area contributed by atoms with Crippen LogP contribution in [0.3, 0.4) is 0 Å². The number of aliphatic hydroxyl groups excluding tert-OH is 2. The molecule has 2 N–H and O–H groups in total. The van der Waals surface area contributed by atoms with E-state index in [-0.39, 0.29) is 6.61 Å². The van der Waals surface area contributed by atoms with Crippen molar-refractivity contribution in [1.29, 1.82) is 0 Å². The van der Waals surface area contributed by atoms with Gasteiger partial charge in [-0.05, 0) is 6.08 Å². The average Bonchev–Trinajstić information content (AvgIpc) is 1.97. The molecule has 0 heterocycles. The monoisotopic (exact) mass is 144 g/mol. The van der Waals surface area contributed by atoms with E-state index in [9.17, 15) is 0 Å². The molecule has 10 heavy (non-hydrogen) atoms. The van der Waals surface area contributed by atoms with E-state index in [2.05, 4.69) is 6.58 Å². The lowest BCUT2D eigenvalue weighted by Crippen LogP contribution is -2.07. The predicted molar refractivity (Wildman–Crippen MR) is 38.4 cm³/mol. The van der Waals surface area contributed by atoms with Crippen LogP contribution in [0.5, 0.6) is 0 Å². The smallest absolute Gasteiger partial charge is 0.174 e. The molecule has 0 aromatic heterocycles. The molecule has 0 spiro atoms. The summed E-state index contributed by atoms with van der Waals surface area (Å²) < 4.78 is 4.73. The molecule has 3 nitrogen and oxygen atoms in total. The molecule has 1 atom stereocenters. The van der Waals surface area contributed by atoms with Gasteiger partial charge in [-0.2, -0.15) is 0 Å². The standard InChI is InChI=1S/C7H12O3/c1-2-6-10-7(9)4-3-5-8/h2-4,7-9H,1,5-6H2. The first-order valence-electron chi connectivity index (χ1n) is 2.99. The van der Waals surface area contributed by atoms with Crippen LogP contribution in [-0.4, -0.2) is 29.7 Å². The quantitative estimate of drug-likeness (QED) is 0.423. The minimum Gasteiger partial charge on any atom is -0.392 e. The Balaban J connectivity index is 3.32. The van der Waals surface area contributed by atoms with E-state index >= 15 is 0 Å². The Morgan fingerprint density at radius 3 is 2.80 bits per heavy atom. The molecule has 0 bridgehead atoms. The highest BCUT2D eigenvalue weighted by Crippen LogP contribution is 1.88. The third-order valence-electron chi connectivity index (χ3n) is 0.791. The van der Waals surface area contributed by atoms with Crippen LogP contribution in [-0.2, 0) is 4.74 Å². The van der Waals surface area contributed by atoms with Crippen LogP contribution in [0.4, 0.5) is 0 Å². The maximum Gasteiger partial charge on any atom is 0.174 e. The zero-order chi connectivity index (χ0) is 7.82. The number of aliphatic hydroxyl groups is 2. The third kappa shape index (κ3) is 5.50. The summed E-state index contributed by atoms with van der Waals surface area (Å²) in [5, 5.41) is 17.1. The Bertz CT molecular complexity index is 109. The Kier molecular flexibility index (Phi) is 6.06. The molecule has 0 aromatic rings. The molecule has 0 saturated heterocycles. The fourth-order valence-corrected chi connectivity index (χ4v) is 0.399. The van der Waals surface area contributed by atoms with E-state index in [4.69, 9.17) is 14.9 Å². The van der Waals surface area contributed by atoms with Crippen molar-refractivity contribution >= 4 is 0 Å². The molecule has 1 unspecified atom stereocenters. The van der Waals surface area contributed by atoms with Gasteiger partial charge in [-0.3, -0.25) is 0 Å². The minimum absolute atomic E-state index is 0.0888. The van der Waals surface area contributed by atoms with Crippen molar-refractivity contribution in [1.82, 2.24) is 0 Å². The summed E-state index contributed by atoms with van der Waals surface area (Å²) in [6, 6.07) is 0. The normalized spacial score (nSPS) is 13.8. The molecule has 0 amide bonds. The number of ether oxygens (including phenoxy) is 1. The maximum atomic E-state index is 8.84. The predicted octanol–water partition coefficient (Wildman–Crippen LogP) is 0.0559. The molecule has 3 heteroatoms. The van der Waals surface area contributed by atoms with E-state index in [0.29, 0.717) is 6.61 Å². The molecule has 0 aliphatic heterocycles. The molecular weight excluding hydrogens is 132 g/mol. The van der Waals surface area contributed by atoms with E-state index in [1.54, 1.807) is 0 Å². The van der Waals surface area contributed by atoms with Gasteiger partial charge in [-0.1, -0.05) is 12.2 Å². The highest BCUT2D eigenvalue weighted by Gasteiger charge is 1.93.